The van der Waals surface area contributed by atoms with Crippen molar-refractivity contribution in [2.24, 2.45) is 10.4 Å². The number of rotatable bonds is 9. The molecule has 3 nitrogen and oxygen atoms in total. The summed E-state index contributed by atoms with van der Waals surface area (Å²) in [5, 5.41) is 3.44. The number of hydrogen-bond donors (Lipinski definition) is 1. The first-order chi connectivity index (χ1) is 15.3. The Hall–Kier alpha value is -1.92. The van der Waals surface area contributed by atoms with Gasteiger partial charge in [-0.05, 0) is 76.2 Å². The highest BCUT2D eigenvalue weighted by Gasteiger charge is 2.48. The normalized spacial score (nSPS) is 23.5. The third-order valence-corrected chi connectivity index (χ3v) is 6.91. The molecule has 1 aromatic carbocycles. The zero-order valence-corrected chi connectivity index (χ0v) is 19.0. The molecule has 1 aliphatic carbocycles. The van der Waals surface area contributed by atoms with Crippen LogP contribution in [0.5, 0.6) is 0 Å². The van der Waals surface area contributed by atoms with Gasteiger partial charge in [-0.2, -0.15) is 13.2 Å². The van der Waals surface area contributed by atoms with Gasteiger partial charge in [-0.15, -0.1) is 0 Å². The van der Waals surface area contributed by atoms with Gasteiger partial charge in [0.15, 0.2) is 0 Å². The average Bonchev–Trinajstić information content (AvgIpc) is 3.20. The Balaban J connectivity index is 1.59. The number of benzene rings is 1. The molecular formula is C26H35F3N2O. The molecule has 176 valence electrons. The van der Waals surface area contributed by atoms with Crippen LogP contribution in [0.4, 0.5) is 13.2 Å². The van der Waals surface area contributed by atoms with Crippen LogP contribution in [0, 0.1) is 5.41 Å². The lowest BCUT2D eigenvalue weighted by Crippen LogP contribution is -2.45. The van der Waals surface area contributed by atoms with Crippen LogP contribution >= 0.6 is 0 Å². The lowest BCUT2D eigenvalue weighted by molar-refractivity contribution is -0.137. The van der Waals surface area contributed by atoms with Gasteiger partial charge in [0.25, 0.3) is 0 Å². The number of nitrogens with one attached hydrogen (secondary N) is 1. The Morgan fingerprint density at radius 1 is 1.22 bits per heavy atom. The third-order valence-electron chi connectivity index (χ3n) is 6.91. The Morgan fingerprint density at radius 2 is 2.00 bits per heavy atom. The monoisotopic (exact) mass is 448 g/mol. The second-order valence-electron chi connectivity index (χ2n) is 9.14. The number of ether oxygens (including phenoxy) is 1. The Bertz CT molecular complexity index is 825. The molecule has 1 saturated carbocycles. The molecule has 0 unspecified atom stereocenters. The third kappa shape index (κ3) is 6.32. The molecule has 1 atom stereocenters. The lowest BCUT2D eigenvalue weighted by Gasteiger charge is -2.47. The number of halogens is 3. The van der Waals surface area contributed by atoms with E-state index >= 15 is 0 Å². The largest absolute Gasteiger partial charge is 0.416 e. The Kier molecular flexibility index (Phi) is 8.34. The van der Waals surface area contributed by atoms with Gasteiger partial charge in [0.05, 0.1) is 11.2 Å². The highest BCUT2D eigenvalue weighted by molar-refractivity contribution is 5.72. The zero-order valence-electron chi connectivity index (χ0n) is 19.0. The quantitative estimate of drug-likeness (QED) is 0.346. The molecule has 6 heteroatoms. The van der Waals surface area contributed by atoms with Gasteiger partial charge in [0.1, 0.15) is 0 Å². The predicted molar refractivity (Wildman–Crippen MR) is 124 cm³/mol. The molecule has 32 heavy (non-hydrogen) atoms. The van der Waals surface area contributed by atoms with Crippen molar-refractivity contribution in [1.82, 2.24) is 5.32 Å². The number of nitrogens with zero attached hydrogens (tertiary/aromatic N) is 1. The number of alkyl halides is 3. The van der Waals surface area contributed by atoms with Gasteiger partial charge >= 0.3 is 6.18 Å². The van der Waals surface area contributed by atoms with Crippen LogP contribution in [0.3, 0.4) is 0 Å². The van der Waals surface area contributed by atoms with Gasteiger partial charge in [0.2, 0.25) is 0 Å². The SMILES string of the molecule is C=C(/N=C\C=C/C)[C@]1(CCNCCc2cccc(C(F)(F)F)c2)CCOC2(CCCC2)C1. The van der Waals surface area contributed by atoms with Crippen LogP contribution in [-0.2, 0) is 17.3 Å². The predicted octanol–water partition coefficient (Wildman–Crippen LogP) is 6.50. The van der Waals surface area contributed by atoms with E-state index in [0.717, 1.165) is 57.0 Å². The standard InChI is InChI=1S/C26H35F3N2O/c1-3-4-15-31-21(2)24(14-18-32-25(20-24)11-5-6-12-25)13-17-30-16-10-22-8-7-9-23(19-22)26(27,28)29/h3-4,7-9,15,19,30H,2,5-6,10-14,16-18,20H2,1H3/b4-3-,31-15-/t24-/m1/s1. The van der Waals surface area contributed by atoms with Crippen molar-refractivity contribution in [2.45, 2.75) is 70.1 Å². The molecule has 3 rings (SSSR count). The van der Waals surface area contributed by atoms with Gasteiger partial charge in [0, 0.05) is 23.9 Å². The van der Waals surface area contributed by atoms with Crippen LogP contribution in [0.15, 0.2) is 53.7 Å². The van der Waals surface area contributed by atoms with E-state index in [4.69, 9.17) is 4.74 Å². The van der Waals surface area contributed by atoms with Crippen LogP contribution in [0.2, 0.25) is 0 Å². The molecule has 1 aliphatic heterocycles. The summed E-state index contributed by atoms with van der Waals surface area (Å²) >= 11 is 0. The first kappa shape index (κ1) is 24.7. The lowest BCUT2D eigenvalue weighted by atomic mass is 9.68. The molecule has 1 aromatic rings. The summed E-state index contributed by atoms with van der Waals surface area (Å²) in [6.07, 6.45) is 9.28. The van der Waals surface area contributed by atoms with Crippen molar-refractivity contribution in [3.05, 3.63) is 59.8 Å². The van der Waals surface area contributed by atoms with Crippen molar-refractivity contribution in [3.63, 3.8) is 0 Å². The van der Waals surface area contributed by atoms with E-state index in [1.54, 1.807) is 6.07 Å². The molecule has 1 heterocycles. The number of aliphatic imine (C=N–C) groups is 1. The summed E-state index contributed by atoms with van der Waals surface area (Å²) in [7, 11) is 0. The summed E-state index contributed by atoms with van der Waals surface area (Å²) in [6, 6.07) is 5.58. The molecule has 0 radical (unpaired) electrons. The average molecular weight is 449 g/mol. The molecule has 0 amide bonds. The fourth-order valence-corrected chi connectivity index (χ4v) is 5.11. The minimum absolute atomic E-state index is 0.0463. The molecule has 0 bridgehead atoms. The summed E-state index contributed by atoms with van der Waals surface area (Å²) < 4.78 is 45.0. The van der Waals surface area contributed by atoms with Crippen molar-refractivity contribution in [1.29, 1.82) is 0 Å². The van der Waals surface area contributed by atoms with Crippen molar-refractivity contribution < 1.29 is 17.9 Å². The maximum atomic E-state index is 12.9. The van der Waals surface area contributed by atoms with Gasteiger partial charge < -0.3 is 10.1 Å². The maximum absolute atomic E-state index is 12.9. The van der Waals surface area contributed by atoms with Gasteiger partial charge in [-0.3, -0.25) is 4.99 Å². The van der Waals surface area contributed by atoms with E-state index in [1.807, 2.05) is 25.3 Å². The molecule has 1 spiro atoms. The Morgan fingerprint density at radius 3 is 2.72 bits per heavy atom. The minimum atomic E-state index is -4.30. The smallest absolute Gasteiger partial charge is 0.375 e. The van der Waals surface area contributed by atoms with E-state index in [9.17, 15) is 13.2 Å². The van der Waals surface area contributed by atoms with Crippen LogP contribution in [0.1, 0.15) is 63.0 Å². The second-order valence-corrected chi connectivity index (χ2v) is 9.14. The summed E-state index contributed by atoms with van der Waals surface area (Å²) in [4.78, 5) is 4.65. The molecule has 0 aromatic heterocycles. The van der Waals surface area contributed by atoms with Gasteiger partial charge in [-0.25, -0.2) is 0 Å². The fraction of sp³-hybridized carbons (Fsp3) is 0.577. The van der Waals surface area contributed by atoms with E-state index in [0.29, 0.717) is 18.5 Å². The molecule has 2 fully saturated rings. The molecule has 1 N–H and O–H groups in total. The van der Waals surface area contributed by atoms with Crippen molar-refractivity contribution in [3.8, 4) is 0 Å². The van der Waals surface area contributed by atoms with E-state index < -0.39 is 11.7 Å². The van der Waals surface area contributed by atoms with Crippen molar-refractivity contribution >= 4 is 6.21 Å². The molecule has 2 aliphatic rings. The zero-order chi connectivity index (χ0) is 23.1. The van der Waals surface area contributed by atoms with E-state index in [1.165, 1.54) is 25.0 Å². The maximum Gasteiger partial charge on any atom is 0.416 e. The summed E-state index contributed by atoms with van der Waals surface area (Å²) in [5.41, 5.74) is 0.857. The first-order valence-electron chi connectivity index (χ1n) is 11.6. The summed E-state index contributed by atoms with van der Waals surface area (Å²) in [5.74, 6) is 0. The van der Waals surface area contributed by atoms with Crippen LogP contribution in [0.25, 0.3) is 0 Å². The summed E-state index contributed by atoms with van der Waals surface area (Å²) in [6.45, 7) is 8.42. The molecular weight excluding hydrogens is 413 g/mol. The van der Waals surface area contributed by atoms with Crippen molar-refractivity contribution in [2.75, 3.05) is 19.7 Å². The highest BCUT2D eigenvalue weighted by Crippen LogP contribution is 2.52. The van der Waals surface area contributed by atoms with Gasteiger partial charge in [-0.1, -0.05) is 43.7 Å². The fourth-order valence-electron chi connectivity index (χ4n) is 5.11. The minimum Gasteiger partial charge on any atom is -0.375 e. The first-order valence-corrected chi connectivity index (χ1v) is 11.6. The number of hydrogen-bond acceptors (Lipinski definition) is 3. The highest BCUT2D eigenvalue weighted by atomic mass is 19.4. The van der Waals surface area contributed by atoms with E-state index in [2.05, 4.69) is 16.9 Å². The number of allylic oxidation sites excluding steroid dienone is 3. The van der Waals surface area contributed by atoms with E-state index in [-0.39, 0.29) is 11.0 Å². The second kappa shape index (κ2) is 10.8. The molecule has 1 saturated heterocycles. The Labute approximate surface area is 189 Å². The van der Waals surface area contributed by atoms with Crippen LogP contribution < -0.4 is 5.32 Å². The topological polar surface area (TPSA) is 33.6 Å². The van der Waals surface area contributed by atoms with Crippen LogP contribution in [-0.4, -0.2) is 31.5 Å².